The van der Waals surface area contributed by atoms with Crippen molar-refractivity contribution in [2.24, 2.45) is 11.3 Å². The number of rotatable bonds is 6. The zero-order chi connectivity index (χ0) is 13.6. The summed E-state index contributed by atoms with van der Waals surface area (Å²) in [6.45, 7) is 13.8. The summed E-state index contributed by atoms with van der Waals surface area (Å²) in [7, 11) is 0. The molecule has 0 radical (unpaired) electrons. The number of nitrogens with one attached hydrogen (secondary N) is 1. The first kappa shape index (κ1) is 15.9. The molecule has 1 heterocycles. The maximum atomic E-state index is 9.38. The van der Waals surface area contributed by atoms with Crippen LogP contribution in [0.15, 0.2) is 0 Å². The molecule has 1 aliphatic heterocycles. The Morgan fingerprint density at radius 2 is 1.89 bits per heavy atom. The Hall–Kier alpha value is -0.120. The standard InChI is InChI=1S/C15H32N2O/c1-5-8-16-14(12-18)11-17-9-6-13(7-10-17)15(2,3)4/h13-14,16,18H,5-12H2,1-4H3. The summed E-state index contributed by atoms with van der Waals surface area (Å²) in [4.78, 5) is 2.51. The summed E-state index contributed by atoms with van der Waals surface area (Å²) in [5, 5.41) is 12.8. The molecule has 0 amide bonds. The van der Waals surface area contributed by atoms with E-state index in [1.165, 1.54) is 25.9 Å². The molecule has 1 fully saturated rings. The third-order valence-corrected chi connectivity index (χ3v) is 4.19. The molecule has 2 N–H and O–H groups in total. The van der Waals surface area contributed by atoms with Gasteiger partial charge in [0.15, 0.2) is 0 Å². The number of hydrogen-bond acceptors (Lipinski definition) is 3. The van der Waals surface area contributed by atoms with Crippen LogP contribution in [0.5, 0.6) is 0 Å². The van der Waals surface area contributed by atoms with E-state index in [2.05, 4.69) is 37.9 Å². The molecule has 0 spiro atoms. The molecule has 3 heteroatoms. The summed E-state index contributed by atoms with van der Waals surface area (Å²) >= 11 is 0. The van der Waals surface area contributed by atoms with E-state index < -0.39 is 0 Å². The smallest absolute Gasteiger partial charge is 0.0597 e. The number of piperidine rings is 1. The molecule has 0 aliphatic carbocycles. The first-order valence-corrected chi connectivity index (χ1v) is 7.54. The number of nitrogens with zero attached hydrogens (tertiary/aromatic N) is 1. The summed E-state index contributed by atoms with van der Waals surface area (Å²) in [6.07, 6.45) is 3.73. The van der Waals surface area contributed by atoms with Gasteiger partial charge in [0.2, 0.25) is 0 Å². The molecule has 0 saturated carbocycles. The highest BCUT2D eigenvalue weighted by molar-refractivity contribution is 4.82. The quantitative estimate of drug-likeness (QED) is 0.764. The molecule has 1 rings (SSSR count). The van der Waals surface area contributed by atoms with Crippen LogP contribution in [-0.2, 0) is 0 Å². The zero-order valence-electron chi connectivity index (χ0n) is 12.7. The van der Waals surface area contributed by atoms with Crippen molar-refractivity contribution in [3.63, 3.8) is 0 Å². The van der Waals surface area contributed by atoms with Crippen molar-refractivity contribution in [3.8, 4) is 0 Å². The Morgan fingerprint density at radius 1 is 1.28 bits per heavy atom. The fourth-order valence-electron chi connectivity index (χ4n) is 2.83. The van der Waals surface area contributed by atoms with Crippen molar-refractivity contribution in [3.05, 3.63) is 0 Å². The lowest BCUT2D eigenvalue weighted by molar-refractivity contribution is 0.0960. The second-order valence-electron chi connectivity index (χ2n) is 6.77. The summed E-state index contributed by atoms with van der Waals surface area (Å²) < 4.78 is 0. The lowest BCUT2D eigenvalue weighted by Crippen LogP contribution is -2.47. The minimum atomic E-state index is 0.246. The van der Waals surface area contributed by atoms with Crippen LogP contribution >= 0.6 is 0 Å². The average molecular weight is 256 g/mol. The lowest BCUT2D eigenvalue weighted by Gasteiger charge is -2.39. The van der Waals surface area contributed by atoms with Crippen LogP contribution in [-0.4, -0.2) is 48.8 Å². The van der Waals surface area contributed by atoms with Gasteiger partial charge in [0.1, 0.15) is 0 Å². The van der Waals surface area contributed by atoms with Gasteiger partial charge in [-0.25, -0.2) is 0 Å². The van der Waals surface area contributed by atoms with Gasteiger partial charge < -0.3 is 15.3 Å². The molecule has 0 bridgehead atoms. The van der Waals surface area contributed by atoms with Gasteiger partial charge in [-0.1, -0.05) is 27.7 Å². The second-order valence-corrected chi connectivity index (χ2v) is 6.77. The van der Waals surface area contributed by atoms with Crippen molar-refractivity contribution in [1.29, 1.82) is 0 Å². The molecule has 18 heavy (non-hydrogen) atoms. The molecule has 1 unspecified atom stereocenters. The normalized spacial score (nSPS) is 21.2. The predicted octanol–water partition coefficient (Wildman–Crippen LogP) is 2.10. The number of aliphatic hydroxyl groups excluding tert-OH is 1. The fourth-order valence-corrected chi connectivity index (χ4v) is 2.83. The molecule has 1 atom stereocenters. The third-order valence-electron chi connectivity index (χ3n) is 4.19. The Balaban J connectivity index is 2.29. The number of hydrogen-bond donors (Lipinski definition) is 2. The Bertz CT molecular complexity index is 217. The van der Waals surface area contributed by atoms with Gasteiger partial charge in [0, 0.05) is 12.6 Å². The van der Waals surface area contributed by atoms with E-state index >= 15 is 0 Å². The minimum Gasteiger partial charge on any atom is -0.395 e. The van der Waals surface area contributed by atoms with Crippen LogP contribution in [0.3, 0.4) is 0 Å². The number of aliphatic hydroxyl groups is 1. The van der Waals surface area contributed by atoms with Crippen LogP contribution in [0.1, 0.15) is 47.0 Å². The van der Waals surface area contributed by atoms with Crippen molar-refractivity contribution in [2.75, 3.05) is 32.8 Å². The second kappa shape index (κ2) is 7.46. The van der Waals surface area contributed by atoms with E-state index in [4.69, 9.17) is 0 Å². The highest BCUT2D eigenvalue weighted by Crippen LogP contribution is 2.34. The van der Waals surface area contributed by atoms with E-state index in [9.17, 15) is 5.11 Å². The molecule has 0 aromatic rings. The van der Waals surface area contributed by atoms with Gasteiger partial charge in [0.05, 0.1) is 6.61 Å². The SMILES string of the molecule is CCCNC(CO)CN1CCC(C(C)(C)C)CC1. The molecular formula is C15H32N2O. The van der Waals surface area contributed by atoms with Crippen molar-refractivity contribution in [2.45, 2.75) is 53.0 Å². The van der Waals surface area contributed by atoms with E-state index in [1.807, 2.05) is 0 Å². The van der Waals surface area contributed by atoms with Crippen LogP contribution in [0.2, 0.25) is 0 Å². The molecule has 108 valence electrons. The van der Waals surface area contributed by atoms with Gasteiger partial charge in [-0.05, 0) is 50.2 Å². The van der Waals surface area contributed by atoms with Crippen LogP contribution in [0, 0.1) is 11.3 Å². The first-order valence-electron chi connectivity index (χ1n) is 7.54. The lowest BCUT2D eigenvalue weighted by atomic mass is 9.75. The van der Waals surface area contributed by atoms with Crippen molar-refractivity contribution < 1.29 is 5.11 Å². The summed E-state index contributed by atoms with van der Waals surface area (Å²) in [5.41, 5.74) is 0.447. The molecule has 3 nitrogen and oxygen atoms in total. The van der Waals surface area contributed by atoms with E-state index in [1.54, 1.807) is 0 Å². The monoisotopic (exact) mass is 256 g/mol. The molecule has 1 saturated heterocycles. The maximum Gasteiger partial charge on any atom is 0.0597 e. The van der Waals surface area contributed by atoms with E-state index in [0.29, 0.717) is 5.41 Å². The Labute approximate surface area is 113 Å². The van der Waals surface area contributed by atoms with Crippen LogP contribution < -0.4 is 5.32 Å². The zero-order valence-corrected chi connectivity index (χ0v) is 12.7. The van der Waals surface area contributed by atoms with Gasteiger partial charge in [0.25, 0.3) is 0 Å². The van der Waals surface area contributed by atoms with Gasteiger partial charge in [-0.15, -0.1) is 0 Å². The minimum absolute atomic E-state index is 0.246. The van der Waals surface area contributed by atoms with Crippen LogP contribution in [0.4, 0.5) is 0 Å². The highest BCUT2D eigenvalue weighted by atomic mass is 16.3. The summed E-state index contributed by atoms with van der Waals surface area (Å²) in [6, 6.07) is 0.246. The molecule has 0 aromatic heterocycles. The number of likely N-dealkylation sites (tertiary alicyclic amines) is 1. The molecular weight excluding hydrogens is 224 g/mol. The average Bonchev–Trinajstić information content (AvgIpc) is 2.34. The molecule has 0 aromatic carbocycles. The van der Waals surface area contributed by atoms with Crippen LogP contribution in [0.25, 0.3) is 0 Å². The van der Waals surface area contributed by atoms with Crippen molar-refractivity contribution in [1.82, 2.24) is 10.2 Å². The van der Waals surface area contributed by atoms with Gasteiger partial charge in [-0.3, -0.25) is 0 Å². The van der Waals surface area contributed by atoms with E-state index in [0.717, 1.165) is 25.4 Å². The first-order chi connectivity index (χ1) is 8.47. The maximum absolute atomic E-state index is 9.38. The Kier molecular flexibility index (Phi) is 6.61. The van der Waals surface area contributed by atoms with Gasteiger partial charge >= 0.3 is 0 Å². The topological polar surface area (TPSA) is 35.5 Å². The van der Waals surface area contributed by atoms with E-state index in [-0.39, 0.29) is 12.6 Å². The third kappa shape index (κ3) is 5.25. The van der Waals surface area contributed by atoms with Crippen molar-refractivity contribution >= 4 is 0 Å². The largest absolute Gasteiger partial charge is 0.395 e. The fraction of sp³-hybridized carbons (Fsp3) is 1.00. The summed E-state index contributed by atoms with van der Waals surface area (Å²) in [5.74, 6) is 0.852. The Morgan fingerprint density at radius 3 is 2.33 bits per heavy atom. The van der Waals surface area contributed by atoms with Gasteiger partial charge in [-0.2, -0.15) is 0 Å². The highest BCUT2D eigenvalue weighted by Gasteiger charge is 2.29. The predicted molar refractivity (Wildman–Crippen MR) is 77.8 cm³/mol. The molecule has 1 aliphatic rings.